The molecule has 8 saturated carbocycles. The van der Waals surface area contributed by atoms with Gasteiger partial charge in [-0.3, -0.25) is 0 Å². The Bertz CT molecular complexity index is 719. The molecule has 8 fully saturated rings. The number of ether oxygens (including phenoxy) is 2. The number of hydrogen-bond donors (Lipinski definition) is 0. The largest absolute Gasteiger partial charge is 0.455 e. The lowest BCUT2D eigenvalue weighted by molar-refractivity contribution is -0.302. The zero-order chi connectivity index (χ0) is 20.7. The predicted octanol–water partition coefficient (Wildman–Crippen LogP) is 4.98. The van der Waals surface area contributed by atoms with Crippen molar-refractivity contribution in [2.75, 3.05) is 0 Å². The monoisotopic (exact) mass is 410 g/mol. The summed E-state index contributed by atoms with van der Waals surface area (Å²) in [6.07, 6.45) is 15.3. The van der Waals surface area contributed by atoms with Gasteiger partial charge >= 0.3 is 11.9 Å². The highest BCUT2D eigenvalue weighted by molar-refractivity contribution is 5.82. The van der Waals surface area contributed by atoms with Gasteiger partial charge in [0, 0.05) is 18.1 Å². The van der Waals surface area contributed by atoms with Gasteiger partial charge in [-0.05, 0) is 106 Å². The summed E-state index contributed by atoms with van der Waals surface area (Å²) in [6, 6.07) is 0. The SMILES string of the molecule is C=CC(=O)OC12CC3CC(C1)CC(OC(=O)C=C)(C3)C2C12CC3CC(CC(C3)C1)C2. The molecule has 4 heteroatoms. The third-order valence-corrected chi connectivity index (χ3v) is 9.89. The van der Waals surface area contributed by atoms with Crippen molar-refractivity contribution in [3.05, 3.63) is 25.3 Å². The highest BCUT2D eigenvalue weighted by Crippen LogP contribution is 2.73. The third kappa shape index (κ3) is 2.58. The van der Waals surface area contributed by atoms with Crippen LogP contribution in [0.15, 0.2) is 25.3 Å². The minimum Gasteiger partial charge on any atom is -0.455 e. The van der Waals surface area contributed by atoms with Crippen LogP contribution in [-0.4, -0.2) is 23.1 Å². The Kier molecular flexibility index (Phi) is 3.97. The van der Waals surface area contributed by atoms with Crippen molar-refractivity contribution in [2.45, 2.75) is 81.8 Å². The molecule has 8 aliphatic carbocycles. The molecule has 0 unspecified atom stereocenters. The van der Waals surface area contributed by atoms with Crippen LogP contribution in [0.4, 0.5) is 0 Å². The van der Waals surface area contributed by atoms with Crippen molar-refractivity contribution in [2.24, 2.45) is 40.9 Å². The van der Waals surface area contributed by atoms with E-state index < -0.39 is 11.2 Å². The fourth-order valence-electron chi connectivity index (χ4n) is 10.4. The quantitative estimate of drug-likeness (QED) is 0.474. The molecular weight excluding hydrogens is 376 g/mol. The summed E-state index contributed by atoms with van der Waals surface area (Å²) in [6.45, 7) is 7.36. The van der Waals surface area contributed by atoms with Gasteiger partial charge in [-0.25, -0.2) is 9.59 Å². The number of esters is 2. The summed E-state index contributed by atoms with van der Waals surface area (Å²) in [7, 11) is 0. The number of hydrogen-bond acceptors (Lipinski definition) is 4. The van der Waals surface area contributed by atoms with Crippen molar-refractivity contribution in [1.29, 1.82) is 0 Å². The van der Waals surface area contributed by atoms with E-state index in [9.17, 15) is 9.59 Å². The normalized spacial score (nSPS) is 52.1. The van der Waals surface area contributed by atoms with Crippen molar-refractivity contribution < 1.29 is 19.1 Å². The Morgan fingerprint density at radius 2 is 1.00 bits per heavy atom. The molecule has 0 saturated heterocycles. The van der Waals surface area contributed by atoms with Crippen LogP contribution in [0.2, 0.25) is 0 Å². The Morgan fingerprint density at radius 1 is 0.633 bits per heavy atom. The van der Waals surface area contributed by atoms with Gasteiger partial charge in [0.2, 0.25) is 0 Å². The van der Waals surface area contributed by atoms with E-state index in [1.54, 1.807) is 0 Å². The molecule has 8 bridgehead atoms. The Hall–Kier alpha value is -1.58. The highest BCUT2D eigenvalue weighted by Gasteiger charge is 2.74. The molecule has 0 N–H and O–H groups in total. The maximum atomic E-state index is 12.6. The summed E-state index contributed by atoms with van der Waals surface area (Å²) in [4.78, 5) is 25.2. The molecule has 0 aliphatic heterocycles. The molecule has 0 aromatic heterocycles. The van der Waals surface area contributed by atoms with E-state index in [4.69, 9.17) is 9.47 Å². The fraction of sp³-hybridized carbons (Fsp3) is 0.769. The lowest BCUT2D eigenvalue weighted by Gasteiger charge is -2.72. The molecule has 8 aliphatic rings. The van der Waals surface area contributed by atoms with Crippen molar-refractivity contribution in [1.82, 2.24) is 0 Å². The molecule has 162 valence electrons. The summed E-state index contributed by atoms with van der Waals surface area (Å²) < 4.78 is 12.7. The molecule has 8 rings (SSSR count). The second-order valence-electron chi connectivity index (χ2n) is 11.9. The maximum Gasteiger partial charge on any atom is 0.330 e. The van der Waals surface area contributed by atoms with Gasteiger partial charge < -0.3 is 9.47 Å². The van der Waals surface area contributed by atoms with E-state index in [-0.39, 0.29) is 23.3 Å². The molecule has 0 aromatic rings. The highest BCUT2D eigenvalue weighted by atomic mass is 16.6. The van der Waals surface area contributed by atoms with Gasteiger partial charge in [-0.1, -0.05) is 13.2 Å². The molecule has 4 nitrogen and oxygen atoms in total. The minimum absolute atomic E-state index is 0.117. The first-order valence-corrected chi connectivity index (χ1v) is 12.1. The van der Waals surface area contributed by atoms with E-state index in [1.165, 1.54) is 57.1 Å². The van der Waals surface area contributed by atoms with Crippen LogP contribution in [0.1, 0.15) is 70.6 Å². The molecule has 30 heavy (non-hydrogen) atoms. The second kappa shape index (κ2) is 6.23. The third-order valence-electron chi connectivity index (χ3n) is 9.89. The maximum absolute atomic E-state index is 12.6. The fourth-order valence-corrected chi connectivity index (χ4v) is 10.4. The summed E-state index contributed by atoms with van der Waals surface area (Å²) in [5.41, 5.74) is -0.851. The van der Waals surface area contributed by atoms with Crippen LogP contribution in [0.3, 0.4) is 0 Å². The summed E-state index contributed by atoms with van der Waals surface area (Å²) in [5.74, 6) is 2.84. The van der Waals surface area contributed by atoms with Gasteiger partial charge in [0.05, 0.1) is 0 Å². The smallest absolute Gasteiger partial charge is 0.330 e. The van der Waals surface area contributed by atoms with E-state index in [0.29, 0.717) is 11.8 Å². The van der Waals surface area contributed by atoms with Gasteiger partial charge in [0.15, 0.2) is 0 Å². The van der Waals surface area contributed by atoms with Crippen LogP contribution in [0, 0.1) is 40.9 Å². The van der Waals surface area contributed by atoms with Crippen LogP contribution in [0.25, 0.3) is 0 Å². The molecule has 0 heterocycles. The minimum atomic E-state index is -0.498. The van der Waals surface area contributed by atoms with E-state index in [2.05, 4.69) is 13.2 Å². The zero-order valence-electron chi connectivity index (χ0n) is 17.9. The van der Waals surface area contributed by atoms with Gasteiger partial charge in [0.1, 0.15) is 11.2 Å². The van der Waals surface area contributed by atoms with Crippen LogP contribution < -0.4 is 0 Å². The number of carbonyl (C=O) groups excluding carboxylic acids is 2. The average molecular weight is 411 g/mol. The number of carbonyl (C=O) groups is 2. The Balaban J connectivity index is 1.49. The first-order chi connectivity index (χ1) is 14.4. The number of rotatable bonds is 5. The second-order valence-corrected chi connectivity index (χ2v) is 11.9. The molecule has 0 spiro atoms. The average Bonchev–Trinajstić information content (AvgIpc) is 2.64. The molecule has 0 aromatic carbocycles. The van der Waals surface area contributed by atoms with Gasteiger partial charge in [-0.15, -0.1) is 0 Å². The van der Waals surface area contributed by atoms with Crippen LogP contribution >= 0.6 is 0 Å². The van der Waals surface area contributed by atoms with Crippen molar-refractivity contribution in [3.8, 4) is 0 Å². The molecule has 0 atom stereocenters. The lowest BCUT2D eigenvalue weighted by atomic mass is 9.36. The van der Waals surface area contributed by atoms with Gasteiger partial charge in [-0.2, -0.15) is 0 Å². The zero-order valence-corrected chi connectivity index (χ0v) is 17.9. The van der Waals surface area contributed by atoms with Gasteiger partial charge in [0.25, 0.3) is 0 Å². The van der Waals surface area contributed by atoms with Crippen LogP contribution in [0.5, 0.6) is 0 Å². The Labute approximate surface area is 179 Å². The van der Waals surface area contributed by atoms with E-state index in [0.717, 1.165) is 43.4 Å². The van der Waals surface area contributed by atoms with E-state index >= 15 is 0 Å². The molecular formula is C26H34O4. The molecule has 0 amide bonds. The van der Waals surface area contributed by atoms with Crippen LogP contribution in [-0.2, 0) is 19.1 Å². The van der Waals surface area contributed by atoms with Crippen molar-refractivity contribution in [3.63, 3.8) is 0 Å². The topological polar surface area (TPSA) is 52.6 Å². The Morgan fingerprint density at radius 3 is 1.37 bits per heavy atom. The summed E-state index contributed by atoms with van der Waals surface area (Å²) >= 11 is 0. The first kappa shape index (κ1) is 19.1. The standard InChI is InChI=1S/C26H34O4/c1-3-21(27)29-25-12-19-8-20(13-25)15-26(14-19,30-22(28)4-2)23(25)24-9-16-5-17(10-24)7-18(6-16)11-24/h3-4,16-20,23H,1-2,5-15H2. The lowest BCUT2D eigenvalue weighted by Crippen LogP contribution is -2.73. The first-order valence-electron chi connectivity index (χ1n) is 12.1. The summed E-state index contributed by atoms with van der Waals surface area (Å²) in [5, 5.41) is 0. The molecule has 0 radical (unpaired) electrons. The van der Waals surface area contributed by atoms with Crippen molar-refractivity contribution >= 4 is 11.9 Å². The van der Waals surface area contributed by atoms with E-state index in [1.807, 2.05) is 0 Å². The predicted molar refractivity (Wildman–Crippen MR) is 112 cm³/mol.